The zero-order chi connectivity index (χ0) is 14.2. The van der Waals surface area contributed by atoms with Crippen LogP contribution in [0.25, 0.3) is 0 Å². The molecule has 0 nitrogen and oxygen atoms in total. The second-order valence-electron chi connectivity index (χ2n) is 3.82. The van der Waals surface area contributed by atoms with Crippen molar-refractivity contribution < 1.29 is 4.39 Å². The molecule has 2 aromatic rings. The van der Waals surface area contributed by atoms with Crippen molar-refractivity contribution in [3.05, 3.63) is 66.3 Å². The summed E-state index contributed by atoms with van der Waals surface area (Å²) in [7, 11) is 0. The van der Waals surface area contributed by atoms with Crippen molar-refractivity contribution in [2.75, 3.05) is 0 Å². The van der Waals surface area contributed by atoms with E-state index in [-0.39, 0.29) is 10.6 Å². The lowest BCUT2D eigenvalue weighted by atomic mass is 10.0. The minimum absolute atomic E-state index is 0.315. The van der Waals surface area contributed by atoms with Crippen LogP contribution in [-0.4, -0.2) is 0 Å². The topological polar surface area (TPSA) is 0 Å². The van der Waals surface area contributed by atoms with Crippen LogP contribution >= 0.6 is 71.0 Å². The summed E-state index contributed by atoms with van der Waals surface area (Å²) >= 11 is 22.0. The third kappa shape index (κ3) is 3.53. The Hall–Kier alpha value is 0.390. The highest BCUT2D eigenvalue weighted by molar-refractivity contribution is 9.11. The second kappa shape index (κ2) is 6.44. The molecule has 0 aliphatic heterocycles. The van der Waals surface area contributed by atoms with E-state index in [9.17, 15) is 4.39 Å². The van der Waals surface area contributed by atoms with Crippen LogP contribution in [0.15, 0.2) is 39.3 Å². The van der Waals surface area contributed by atoms with E-state index in [0.29, 0.717) is 20.1 Å². The van der Waals surface area contributed by atoms with Crippen LogP contribution in [0.2, 0.25) is 10.0 Å². The van der Waals surface area contributed by atoms with Crippen molar-refractivity contribution in [3.8, 4) is 0 Å². The maximum atomic E-state index is 14.0. The van der Waals surface area contributed by atoms with Gasteiger partial charge in [-0.05, 0) is 45.8 Å². The molecule has 6 heteroatoms. The number of alkyl halides is 1. The van der Waals surface area contributed by atoms with Crippen LogP contribution in [-0.2, 0) is 0 Å². The zero-order valence-electron chi connectivity index (χ0n) is 9.23. The smallest absolute Gasteiger partial charge is 0.129 e. The Balaban J connectivity index is 2.49. The molecular weight excluding hydrogens is 486 g/mol. The first-order valence-electron chi connectivity index (χ1n) is 5.13. The molecule has 0 saturated heterocycles. The van der Waals surface area contributed by atoms with Gasteiger partial charge in [0.15, 0.2) is 0 Å². The summed E-state index contributed by atoms with van der Waals surface area (Å²) in [6.45, 7) is 0. The molecule has 0 aromatic heterocycles. The van der Waals surface area contributed by atoms with Crippen molar-refractivity contribution >= 4 is 71.0 Å². The molecule has 0 amide bonds. The van der Waals surface area contributed by atoms with Gasteiger partial charge in [-0.25, -0.2) is 4.39 Å². The lowest BCUT2D eigenvalue weighted by molar-refractivity contribution is 0.612. The first-order chi connectivity index (χ1) is 8.90. The summed E-state index contributed by atoms with van der Waals surface area (Å²) in [4.78, 5) is -0.315. The first kappa shape index (κ1) is 15.8. The van der Waals surface area contributed by atoms with Gasteiger partial charge in [-0.1, -0.05) is 61.1 Å². The predicted octanol–water partition coefficient (Wildman–Crippen LogP) is 7.14. The number of halogens is 6. The minimum Gasteiger partial charge on any atom is -0.207 e. The standard InChI is InChI=1S/C13H6Br3Cl2F/c14-9-3-6(17)1-2-7(9)13(16)8-4-11(18)10(15)5-12(8)19/h1-5,13H. The highest BCUT2D eigenvalue weighted by atomic mass is 79.9. The Labute approximate surface area is 145 Å². The maximum Gasteiger partial charge on any atom is 0.129 e. The monoisotopic (exact) mass is 488 g/mol. The van der Waals surface area contributed by atoms with Gasteiger partial charge in [-0.15, -0.1) is 0 Å². The lowest BCUT2D eigenvalue weighted by Gasteiger charge is -2.15. The van der Waals surface area contributed by atoms with Crippen LogP contribution in [0.4, 0.5) is 4.39 Å². The van der Waals surface area contributed by atoms with E-state index < -0.39 is 0 Å². The SMILES string of the molecule is Fc1cc(Br)c(Cl)cc1C(Br)c1ccc(Cl)cc1Br. The van der Waals surface area contributed by atoms with Gasteiger partial charge in [0, 0.05) is 19.5 Å². The predicted molar refractivity (Wildman–Crippen MR) is 89.0 cm³/mol. The Morgan fingerprint density at radius 2 is 1.63 bits per heavy atom. The van der Waals surface area contributed by atoms with Crippen molar-refractivity contribution in [3.63, 3.8) is 0 Å². The quantitative estimate of drug-likeness (QED) is 0.309. The summed E-state index contributed by atoms with van der Waals surface area (Å²) < 4.78 is 15.4. The van der Waals surface area contributed by atoms with Crippen LogP contribution in [0, 0.1) is 5.82 Å². The summed E-state index contributed by atoms with van der Waals surface area (Å²) in [6, 6.07) is 8.32. The molecule has 0 spiro atoms. The van der Waals surface area contributed by atoms with Crippen molar-refractivity contribution in [1.29, 1.82) is 0 Å². The van der Waals surface area contributed by atoms with Crippen LogP contribution < -0.4 is 0 Å². The molecule has 19 heavy (non-hydrogen) atoms. The van der Waals surface area contributed by atoms with Gasteiger partial charge in [0.05, 0.1) is 9.85 Å². The molecule has 0 aliphatic rings. The molecule has 2 rings (SSSR count). The largest absolute Gasteiger partial charge is 0.207 e. The fourth-order valence-corrected chi connectivity index (χ4v) is 4.06. The lowest BCUT2D eigenvalue weighted by Crippen LogP contribution is -1.98. The minimum atomic E-state index is -0.333. The number of benzene rings is 2. The summed E-state index contributed by atoms with van der Waals surface area (Å²) in [5.41, 5.74) is 1.35. The average Bonchev–Trinajstić information content (AvgIpc) is 2.33. The van der Waals surface area contributed by atoms with Crippen LogP contribution in [0.3, 0.4) is 0 Å². The second-order valence-corrected chi connectivity index (χ2v) is 7.28. The third-order valence-corrected chi connectivity index (χ3v) is 5.65. The van der Waals surface area contributed by atoms with E-state index in [4.69, 9.17) is 23.2 Å². The fourth-order valence-electron chi connectivity index (χ4n) is 1.61. The fraction of sp³-hybridized carbons (Fsp3) is 0.0769. The highest BCUT2D eigenvalue weighted by Gasteiger charge is 2.19. The molecule has 100 valence electrons. The van der Waals surface area contributed by atoms with Crippen LogP contribution in [0.5, 0.6) is 0 Å². The maximum absolute atomic E-state index is 14.0. The third-order valence-electron chi connectivity index (χ3n) is 2.55. The molecule has 2 aromatic carbocycles. The van der Waals surface area contributed by atoms with Gasteiger partial charge in [0.2, 0.25) is 0 Å². The molecule has 0 radical (unpaired) electrons. The molecule has 0 fully saturated rings. The van der Waals surface area contributed by atoms with Gasteiger partial charge in [0.1, 0.15) is 5.82 Å². The first-order valence-corrected chi connectivity index (χ1v) is 8.39. The molecule has 1 atom stereocenters. The van der Waals surface area contributed by atoms with E-state index in [2.05, 4.69) is 47.8 Å². The Morgan fingerprint density at radius 3 is 2.26 bits per heavy atom. The zero-order valence-corrected chi connectivity index (χ0v) is 15.5. The summed E-state index contributed by atoms with van der Waals surface area (Å²) in [5.74, 6) is -0.333. The van der Waals surface area contributed by atoms with E-state index in [0.717, 1.165) is 10.0 Å². The van der Waals surface area contributed by atoms with Crippen molar-refractivity contribution in [2.45, 2.75) is 4.83 Å². The number of rotatable bonds is 2. The van der Waals surface area contributed by atoms with Gasteiger partial charge in [0.25, 0.3) is 0 Å². The van der Waals surface area contributed by atoms with Crippen LogP contribution in [0.1, 0.15) is 16.0 Å². The van der Waals surface area contributed by atoms with Gasteiger partial charge in [-0.2, -0.15) is 0 Å². The number of hydrogen-bond acceptors (Lipinski definition) is 0. The highest BCUT2D eigenvalue weighted by Crippen LogP contribution is 2.39. The van der Waals surface area contributed by atoms with Gasteiger partial charge < -0.3 is 0 Å². The van der Waals surface area contributed by atoms with Gasteiger partial charge >= 0.3 is 0 Å². The van der Waals surface area contributed by atoms with E-state index in [1.54, 1.807) is 18.2 Å². The van der Waals surface area contributed by atoms with E-state index in [1.165, 1.54) is 6.07 Å². The average molecular weight is 492 g/mol. The Kier molecular flexibility index (Phi) is 5.34. The molecule has 0 N–H and O–H groups in total. The normalized spacial score (nSPS) is 12.5. The van der Waals surface area contributed by atoms with Crippen molar-refractivity contribution in [2.24, 2.45) is 0 Å². The molecule has 0 saturated carbocycles. The molecule has 0 aliphatic carbocycles. The molecule has 0 bridgehead atoms. The Bertz CT molecular complexity index is 632. The van der Waals surface area contributed by atoms with E-state index in [1.807, 2.05) is 6.07 Å². The van der Waals surface area contributed by atoms with Gasteiger partial charge in [-0.3, -0.25) is 0 Å². The molecule has 1 unspecified atom stereocenters. The van der Waals surface area contributed by atoms with Crippen molar-refractivity contribution in [1.82, 2.24) is 0 Å². The van der Waals surface area contributed by atoms with E-state index >= 15 is 0 Å². The summed E-state index contributed by atoms with van der Waals surface area (Å²) in [6.07, 6.45) is 0. The summed E-state index contributed by atoms with van der Waals surface area (Å²) in [5, 5.41) is 1.08. The number of hydrogen-bond donors (Lipinski definition) is 0. The Morgan fingerprint density at radius 1 is 0.947 bits per heavy atom. The molecule has 0 heterocycles. The molecular formula is C13H6Br3Cl2F.